The zero-order chi connectivity index (χ0) is 23.1. The van der Waals surface area contributed by atoms with E-state index in [1.807, 2.05) is 0 Å². The summed E-state index contributed by atoms with van der Waals surface area (Å²) in [5.74, 6) is -3.18. The molecule has 1 aromatic heterocycles. The molecule has 1 atom stereocenters. The molecule has 1 saturated heterocycles. The van der Waals surface area contributed by atoms with Gasteiger partial charge in [-0.3, -0.25) is 9.59 Å². The molecule has 14 nitrogen and oxygen atoms in total. The Kier molecular flexibility index (Phi) is 5.99. The summed E-state index contributed by atoms with van der Waals surface area (Å²) in [4.78, 5) is 45.5. The summed E-state index contributed by atoms with van der Waals surface area (Å²) < 4.78 is 25.8. The van der Waals surface area contributed by atoms with Crippen LogP contribution in [-0.4, -0.2) is 96.7 Å². The van der Waals surface area contributed by atoms with Crippen LogP contribution in [0.15, 0.2) is 21.1 Å². The molecule has 0 saturated carbocycles. The van der Waals surface area contributed by atoms with Crippen LogP contribution in [0.2, 0.25) is 0 Å². The normalized spacial score (nSPS) is 19.9. The molecule has 0 aliphatic carbocycles. The Morgan fingerprint density at radius 2 is 2.13 bits per heavy atom. The average Bonchev–Trinajstić information content (AvgIpc) is 3.35. The largest absolute Gasteiger partial charge is 0.476 e. The van der Waals surface area contributed by atoms with Gasteiger partial charge in [0.1, 0.15) is 23.8 Å². The maximum Gasteiger partial charge on any atom is 0.355 e. The van der Waals surface area contributed by atoms with E-state index in [0.29, 0.717) is 0 Å². The van der Waals surface area contributed by atoms with Crippen molar-refractivity contribution in [3.05, 3.63) is 21.7 Å². The van der Waals surface area contributed by atoms with Gasteiger partial charge in [0.05, 0.1) is 6.54 Å². The summed E-state index contributed by atoms with van der Waals surface area (Å²) in [7, 11) is -0.338. The van der Waals surface area contributed by atoms with Gasteiger partial charge in [0.2, 0.25) is 10.0 Å². The Hall–Kier alpha value is -3.08. The fourth-order valence-electron chi connectivity index (χ4n) is 3.06. The number of carbonyl (C=O) groups is 3. The number of hydrogen-bond acceptors (Lipinski definition) is 11. The number of thiazole rings is 1. The second-order valence-corrected chi connectivity index (χ2v) is 9.64. The number of hydrazine groups is 1. The van der Waals surface area contributed by atoms with Crippen LogP contribution in [0.5, 0.6) is 0 Å². The topological polar surface area (TPSA) is 188 Å². The molecule has 3 rings (SSSR count). The second-order valence-electron chi connectivity index (χ2n) is 6.58. The zero-order valence-corrected chi connectivity index (χ0v) is 18.2. The van der Waals surface area contributed by atoms with E-state index in [-0.39, 0.29) is 29.6 Å². The molecule has 16 heteroatoms. The van der Waals surface area contributed by atoms with Crippen molar-refractivity contribution in [2.45, 2.75) is 6.04 Å². The Bertz CT molecular complexity index is 1110. The highest BCUT2D eigenvalue weighted by atomic mass is 32.2. The van der Waals surface area contributed by atoms with Crippen LogP contribution in [0.25, 0.3) is 0 Å². The van der Waals surface area contributed by atoms with E-state index in [1.54, 1.807) is 0 Å². The lowest BCUT2D eigenvalue weighted by Crippen LogP contribution is -2.46. The van der Waals surface area contributed by atoms with Gasteiger partial charge in [-0.15, -0.1) is 11.3 Å². The van der Waals surface area contributed by atoms with Crippen LogP contribution < -0.4 is 11.1 Å². The molecule has 0 radical (unpaired) electrons. The fraction of sp³-hybridized carbons (Fsp3) is 0.400. The summed E-state index contributed by atoms with van der Waals surface area (Å²) in [6.45, 7) is -0.477. The number of fused-ring (bicyclic) bond motifs is 1. The van der Waals surface area contributed by atoms with Crippen molar-refractivity contribution >= 4 is 50.0 Å². The predicted molar refractivity (Wildman–Crippen MR) is 108 cm³/mol. The molecule has 3 heterocycles. The van der Waals surface area contributed by atoms with Crippen LogP contribution in [0.4, 0.5) is 5.13 Å². The van der Waals surface area contributed by atoms with Crippen molar-refractivity contribution in [1.82, 2.24) is 24.6 Å². The number of nitrogens with zero attached hydrogens (tertiary/aromatic N) is 5. The number of carbonyl (C=O) groups excluding carboxylic acids is 2. The molecular formula is C15H19N7O7S2. The van der Waals surface area contributed by atoms with Crippen LogP contribution in [0, 0.1) is 0 Å². The molecule has 2 amide bonds. The van der Waals surface area contributed by atoms with Crippen molar-refractivity contribution in [2.24, 2.45) is 5.16 Å². The third-order valence-electron chi connectivity index (χ3n) is 4.45. The highest BCUT2D eigenvalue weighted by molar-refractivity contribution is 7.93. The number of oxime groups is 1. The number of carboxylic acid groups (broad SMARTS) is 1. The summed E-state index contributed by atoms with van der Waals surface area (Å²) in [5, 5.41) is 19.3. The smallest absolute Gasteiger partial charge is 0.355 e. The van der Waals surface area contributed by atoms with E-state index in [9.17, 15) is 27.9 Å². The van der Waals surface area contributed by atoms with E-state index in [2.05, 4.69) is 20.3 Å². The standard InChI is InChI=1S/C15H19N7O7S2/c1-20(2)31(27,28)9-5-21-4-7(13(24)22(21)11(9)14(25)26)17-12(23)10(19-29-3)8-6-30-15(16)18-8/h6-7H,4-5H2,1-3H3,(H2,16,18)(H,17,23)(H,25,26)/b19-10-/t7-/m0/s1. The molecule has 4 N–H and O–H groups in total. The minimum atomic E-state index is -4.08. The zero-order valence-electron chi connectivity index (χ0n) is 16.6. The molecule has 31 heavy (non-hydrogen) atoms. The lowest BCUT2D eigenvalue weighted by Gasteiger charge is -2.18. The van der Waals surface area contributed by atoms with E-state index < -0.39 is 44.5 Å². The number of aromatic nitrogens is 1. The first-order chi connectivity index (χ1) is 14.5. The summed E-state index contributed by atoms with van der Waals surface area (Å²) >= 11 is 1.08. The lowest BCUT2D eigenvalue weighted by molar-refractivity contribution is -0.143. The molecule has 0 bridgehead atoms. The summed E-state index contributed by atoms with van der Waals surface area (Å²) in [6.07, 6.45) is 0. The number of aliphatic carboxylic acids is 1. The highest BCUT2D eigenvalue weighted by Gasteiger charge is 2.51. The maximum atomic E-state index is 12.9. The van der Waals surface area contributed by atoms with Crippen LogP contribution >= 0.6 is 11.3 Å². The minimum Gasteiger partial charge on any atom is -0.476 e. The number of sulfonamides is 1. The molecule has 0 aromatic carbocycles. The summed E-state index contributed by atoms with van der Waals surface area (Å²) in [6, 6.07) is -1.15. The van der Waals surface area contributed by atoms with Crippen molar-refractivity contribution < 1.29 is 32.7 Å². The molecular weight excluding hydrogens is 454 g/mol. The summed E-state index contributed by atoms with van der Waals surface area (Å²) in [5.41, 5.74) is 4.81. The average molecular weight is 473 g/mol. The molecule has 0 spiro atoms. The van der Waals surface area contributed by atoms with Crippen molar-refractivity contribution in [3.8, 4) is 0 Å². The maximum absolute atomic E-state index is 12.9. The molecule has 2 aliphatic rings. The number of nitrogen functional groups attached to an aromatic ring is 1. The second kappa shape index (κ2) is 8.22. The van der Waals surface area contributed by atoms with E-state index >= 15 is 0 Å². The van der Waals surface area contributed by atoms with Gasteiger partial charge in [-0.05, 0) is 0 Å². The first-order valence-corrected chi connectivity index (χ1v) is 10.9. The molecule has 2 aliphatic heterocycles. The molecule has 1 fully saturated rings. The van der Waals surface area contributed by atoms with Gasteiger partial charge in [0, 0.05) is 26.0 Å². The van der Waals surface area contributed by atoms with Gasteiger partial charge in [0.25, 0.3) is 11.8 Å². The van der Waals surface area contributed by atoms with Gasteiger partial charge < -0.3 is 21.0 Å². The van der Waals surface area contributed by atoms with E-state index in [0.717, 1.165) is 20.7 Å². The van der Waals surface area contributed by atoms with Crippen LogP contribution in [0.1, 0.15) is 5.69 Å². The quantitative estimate of drug-likeness (QED) is 0.290. The van der Waals surface area contributed by atoms with Gasteiger partial charge in [-0.2, -0.15) is 0 Å². The van der Waals surface area contributed by atoms with E-state index in [1.165, 1.54) is 31.6 Å². The van der Waals surface area contributed by atoms with Crippen molar-refractivity contribution in [3.63, 3.8) is 0 Å². The lowest BCUT2D eigenvalue weighted by atomic mass is 10.2. The third-order valence-corrected chi connectivity index (χ3v) is 7.03. The Labute approximate surface area is 180 Å². The SMILES string of the molecule is CO/N=C(\C(=O)N[C@H]1CN2CC(S(=O)(=O)N(C)C)=C(C(=O)O)N2C1=O)c1csc(N)n1. The van der Waals surface area contributed by atoms with Gasteiger partial charge in [0.15, 0.2) is 16.5 Å². The van der Waals surface area contributed by atoms with E-state index in [4.69, 9.17) is 5.73 Å². The molecule has 0 unspecified atom stereocenters. The number of amides is 2. The number of hydrogen-bond donors (Lipinski definition) is 3. The number of carboxylic acids is 1. The number of rotatable bonds is 7. The van der Waals surface area contributed by atoms with Crippen LogP contribution in [0.3, 0.4) is 0 Å². The Morgan fingerprint density at radius 1 is 1.45 bits per heavy atom. The van der Waals surface area contributed by atoms with Crippen molar-refractivity contribution in [2.75, 3.05) is 40.0 Å². The minimum absolute atomic E-state index is 0.138. The first-order valence-electron chi connectivity index (χ1n) is 8.60. The van der Waals surface area contributed by atoms with Gasteiger partial charge in [-0.1, -0.05) is 5.16 Å². The Morgan fingerprint density at radius 3 is 2.65 bits per heavy atom. The van der Waals surface area contributed by atoms with Crippen LogP contribution in [-0.2, 0) is 29.2 Å². The number of nitrogens with one attached hydrogen (secondary N) is 1. The van der Waals surface area contributed by atoms with Gasteiger partial charge in [-0.25, -0.2) is 32.5 Å². The third kappa shape index (κ3) is 3.97. The predicted octanol–water partition coefficient (Wildman–Crippen LogP) is -2.18. The molecule has 1 aromatic rings. The first kappa shape index (κ1) is 22.6. The van der Waals surface area contributed by atoms with Gasteiger partial charge >= 0.3 is 5.97 Å². The highest BCUT2D eigenvalue weighted by Crippen LogP contribution is 2.32. The number of anilines is 1. The monoisotopic (exact) mass is 473 g/mol. The number of nitrogens with two attached hydrogens (primary N) is 1. The fourth-order valence-corrected chi connectivity index (χ4v) is 4.78. The molecule has 168 valence electrons. The van der Waals surface area contributed by atoms with Crippen molar-refractivity contribution in [1.29, 1.82) is 0 Å². The Balaban J connectivity index is 1.86.